The molecule has 2 heteroatoms. The van der Waals surface area contributed by atoms with E-state index in [0.717, 1.165) is 11.1 Å². The average Bonchev–Trinajstić information content (AvgIpc) is 2.06. The van der Waals surface area contributed by atoms with Crippen molar-refractivity contribution in [3.63, 3.8) is 0 Å². The van der Waals surface area contributed by atoms with Crippen LogP contribution in [0.2, 0.25) is 0 Å². The predicted octanol–water partition coefficient (Wildman–Crippen LogP) is 1.30. The van der Waals surface area contributed by atoms with Crippen molar-refractivity contribution in [1.29, 1.82) is 0 Å². The van der Waals surface area contributed by atoms with E-state index in [9.17, 15) is 0 Å². The maximum Gasteiger partial charge on any atom is 0.113 e. The SMILES string of the molecule is CO[CH]c1ccccc1CN. The van der Waals surface area contributed by atoms with Crippen LogP contribution in [-0.2, 0) is 11.3 Å². The van der Waals surface area contributed by atoms with Crippen LogP contribution in [0.4, 0.5) is 0 Å². The lowest BCUT2D eigenvalue weighted by atomic mass is 10.1. The van der Waals surface area contributed by atoms with Crippen LogP contribution >= 0.6 is 0 Å². The molecule has 2 N–H and O–H groups in total. The lowest BCUT2D eigenvalue weighted by molar-refractivity contribution is 0.292. The minimum Gasteiger partial charge on any atom is -0.374 e. The Kier molecular flexibility index (Phi) is 3.08. The number of methoxy groups -OCH3 is 1. The summed E-state index contributed by atoms with van der Waals surface area (Å²) < 4.78 is 4.89. The standard InChI is InChI=1S/C9H12NO/c1-11-7-9-5-3-2-4-8(9)6-10/h2-5,7H,6,10H2,1H3. The van der Waals surface area contributed by atoms with Gasteiger partial charge in [-0.05, 0) is 11.1 Å². The van der Waals surface area contributed by atoms with Crippen molar-refractivity contribution >= 4 is 0 Å². The van der Waals surface area contributed by atoms with Crippen molar-refractivity contribution < 1.29 is 4.74 Å². The van der Waals surface area contributed by atoms with Crippen molar-refractivity contribution in [1.82, 2.24) is 0 Å². The predicted molar refractivity (Wildman–Crippen MR) is 44.7 cm³/mol. The van der Waals surface area contributed by atoms with Crippen LogP contribution in [0, 0.1) is 6.61 Å². The van der Waals surface area contributed by atoms with Crippen molar-refractivity contribution in [3.8, 4) is 0 Å². The van der Waals surface area contributed by atoms with Crippen LogP contribution in [0.1, 0.15) is 11.1 Å². The van der Waals surface area contributed by atoms with Gasteiger partial charge in [0.1, 0.15) is 6.61 Å². The third-order valence-electron chi connectivity index (χ3n) is 1.52. The fraction of sp³-hybridized carbons (Fsp3) is 0.222. The van der Waals surface area contributed by atoms with Crippen LogP contribution in [0.25, 0.3) is 0 Å². The topological polar surface area (TPSA) is 35.2 Å². The summed E-state index contributed by atoms with van der Waals surface area (Å²) in [5, 5.41) is 0. The summed E-state index contributed by atoms with van der Waals surface area (Å²) >= 11 is 0. The lowest BCUT2D eigenvalue weighted by Gasteiger charge is -2.04. The highest BCUT2D eigenvalue weighted by Crippen LogP contribution is 2.09. The molecule has 11 heavy (non-hydrogen) atoms. The van der Waals surface area contributed by atoms with Gasteiger partial charge in [0.15, 0.2) is 0 Å². The van der Waals surface area contributed by atoms with Gasteiger partial charge in [0.25, 0.3) is 0 Å². The van der Waals surface area contributed by atoms with Gasteiger partial charge in [0, 0.05) is 13.7 Å². The molecule has 0 aliphatic rings. The third-order valence-corrected chi connectivity index (χ3v) is 1.52. The van der Waals surface area contributed by atoms with Crippen LogP contribution in [-0.4, -0.2) is 7.11 Å². The first-order valence-electron chi connectivity index (χ1n) is 3.52. The van der Waals surface area contributed by atoms with Gasteiger partial charge in [-0.15, -0.1) is 0 Å². The molecule has 0 unspecified atom stereocenters. The van der Waals surface area contributed by atoms with Gasteiger partial charge in [0.2, 0.25) is 0 Å². The van der Waals surface area contributed by atoms with Crippen LogP contribution in [0.15, 0.2) is 24.3 Å². The fourth-order valence-electron chi connectivity index (χ4n) is 0.962. The van der Waals surface area contributed by atoms with Gasteiger partial charge in [-0.3, -0.25) is 0 Å². The minimum atomic E-state index is 0.552. The van der Waals surface area contributed by atoms with Gasteiger partial charge in [0.05, 0.1) is 0 Å². The first kappa shape index (κ1) is 8.24. The van der Waals surface area contributed by atoms with Crippen LogP contribution in [0.5, 0.6) is 0 Å². The molecule has 0 amide bonds. The molecule has 1 aromatic rings. The zero-order chi connectivity index (χ0) is 8.10. The highest BCUT2D eigenvalue weighted by atomic mass is 16.5. The smallest absolute Gasteiger partial charge is 0.113 e. The summed E-state index contributed by atoms with van der Waals surface area (Å²) in [7, 11) is 1.63. The third kappa shape index (κ3) is 2.03. The van der Waals surface area contributed by atoms with Crippen LogP contribution in [0.3, 0.4) is 0 Å². The Bertz CT molecular complexity index is 223. The summed E-state index contributed by atoms with van der Waals surface area (Å²) in [6, 6.07) is 7.90. The van der Waals surface area contributed by atoms with Crippen molar-refractivity contribution in [2.24, 2.45) is 5.73 Å². The molecule has 0 aliphatic heterocycles. The summed E-state index contributed by atoms with van der Waals surface area (Å²) in [4.78, 5) is 0. The normalized spacial score (nSPS) is 10.0. The summed E-state index contributed by atoms with van der Waals surface area (Å²) in [6.45, 7) is 2.25. The molecule has 0 atom stereocenters. The lowest BCUT2D eigenvalue weighted by Crippen LogP contribution is -2.00. The summed E-state index contributed by atoms with van der Waals surface area (Å²) in [5.74, 6) is 0. The Balaban J connectivity index is 2.83. The number of rotatable bonds is 3. The summed E-state index contributed by atoms with van der Waals surface area (Å²) in [6.07, 6.45) is 0. The molecule has 1 rings (SSSR count). The molecule has 0 aromatic heterocycles. The van der Waals surface area contributed by atoms with Gasteiger partial charge < -0.3 is 10.5 Å². The van der Waals surface area contributed by atoms with Crippen molar-refractivity contribution in [3.05, 3.63) is 42.0 Å². The van der Waals surface area contributed by atoms with Gasteiger partial charge in [-0.25, -0.2) is 0 Å². The number of ether oxygens (including phenoxy) is 1. The fourth-order valence-corrected chi connectivity index (χ4v) is 0.962. The van der Waals surface area contributed by atoms with Gasteiger partial charge in [-0.1, -0.05) is 24.3 Å². The number of nitrogens with two attached hydrogens (primary N) is 1. The van der Waals surface area contributed by atoms with E-state index in [-0.39, 0.29) is 0 Å². The van der Waals surface area contributed by atoms with E-state index in [1.807, 2.05) is 24.3 Å². The molecule has 0 heterocycles. The Morgan fingerprint density at radius 2 is 2.18 bits per heavy atom. The van der Waals surface area contributed by atoms with Gasteiger partial charge >= 0.3 is 0 Å². The number of benzene rings is 1. The Labute approximate surface area is 67.0 Å². The molecule has 0 fully saturated rings. The van der Waals surface area contributed by atoms with E-state index < -0.39 is 0 Å². The maximum absolute atomic E-state index is 5.51. The second-order valence-electron chi connectivity index (χ2n) is 2.26. The first-order chi connectivity index (χ1) is 5.38. The zero-order valence-corrected chi connectivity index (χ0v) is 6.58. The molecule has 59 valence electrons. The molecule has 0 bridgehead atoms. The molecule has 0 saturated heterocycles. The molecular weight excluding hydrogens is 138 g/mol. The molecule has 1 radical (unpaired) electrons. The van der Waals surface area contributed by atoms with E-state index in [0.29, 0.717) is 6.54 Å². The number of hydrogen-bond acceptors (Lipinski definition) is 2. The molecule has 0 aliphatic carbocycles. The molecular formula is C9H12NO. The highest BCUT2D eigenvalue weighted by Gasteiger charge is 1.97. The van der Waals surface area contributed by atoms with E-state index in [1.54, 1.807) is 13.7 Å². The number of hydrogen-bond donors (Lipinski definition) is 1. The molecule has 1 aromatic carbocycles. The quantitative estimate of drug-likeness (QED) is 0.705. The molecule has 0 spiro atoms. The maximum atomic E-state index is 5.51. The summed E-state index contributed by atoms with van der Waals surface area (Å²) in [5.41, 5.74) is 7.66. The monoisotopic (exact) mass is 150 g/mol. The van der Waals surface area contributed by atoms with E-state index in [4.69, 9.17) is 10.5 Å². The zero-order valence-electron chi connectivity index (χ0n) is 6.58. The molecule has 2 nitrogen and oxygen atoms in total. The Morgan fingerprint density at radius 1 is 1.45 bits per heavy atom. The van der Waals surface area contributed by atoms with Crippen molar-refractivity contribution in [2.45, 2.75) is 6.54 Å². The Hall–Kier alpha value is -0.860. The minimum absolute atomic E-state index is 0.552. The molecule has 0 saturated carbocycles. The first-order valence-corrected chi connectivity index (χ1v) is 3.52. The van der Waals surface area contributed by atoms with E-state index >= 15 is 0 Å². The van der Waals surface area contributed by atoms with Crippen LogP contribution < -0.4 is 5.73 Å². The highest BCUT2D eigenvalue weighted by molar-refractivity contribution is 5.30. The second-order valence-corrected chi connectivity index (χ2v) is 2.26. The average molecular weight is 150 g/mol. The second kappa shape index (κ2) is 4.11. The van der Waals surface area contributed by atoms with E-state index in [2.05, 4.69) is 0 Å². The van der Waals surface area contributed by atoms with E-state index in [1.165, 1.54) is 0 Å². The van der Waals surface area contributed by atoms with Crippen molar-refractivity contribution in [2.75, 3.05) is 7.11 Å². The largest absolute Gasteiger partial charge is 0.374 e. The van der Waals surface area contributed by atoms with Gasteiger partial charge in [-0.2, -0.15) is 0 Å². The Morgan fingerprint density at radius 3 is 2.82 bits per heavy atom.